The van der Waals surface area contributed by atoms with Crippen molar-refractivity contribution < 1.29 is 0 Å². The third-order valence-corrected chi connectivity index (χ3v) is 2.52. The van der Waals surface area contributed by atoms with Crippen molar-refractivity contribution in [2.24, 2.45) is 0 Å². The average Bonchev–Trinajstić information content (AvgIpc) is 1.78. The summed E-state index contributed by atoms with van der Waals surface area (Å²) in [5, 5.41) is 1.47. The molecule has 0 radical (unpaired) electrons. The maximum atomic E-state index is 6.13. The zero-order valence-corrected chi connectivity index (χ0v) is 9.92. The Hall–Kier alpha value is -0.200. The van der Waals surface area contributed by atoms with Crippen molar-refractivity contribution in [2.45, 2.75) is 33.1 Å². The smallest absolute Gasteiger partial charge is 0.0460 e. The molecule has 0 atom stereocenters. The Morgan fingerprint density at radius 2 is 1.62 bits per heavy atom. The molecule has 0 saturated heterocycles. The summed E-state index contributed by atoms with van der Waals surface area (Å²) in [7, 11) is 0. The molecule has 0 aliphatic carbocycles. The van der Waals surface area contributed by atoms with E-state index < -0.39 is 0 Å². The summed E-state index contributed by atoms with van der Waals surface area (Å²) in [6, 6.07) is 3.75. The minimum absolute atomic E-state index is 0.0752. The van der Waals surface area contributed by atoms with Crippen LogP contribution in [0.1, 0.15) is 31.9 Å². The molecule has 0 spiro atoms. The van der Waals surface area contributed by atoms with Gasteiger partial charge in [-0.1, -0.05) is 44.0 Å². The van der Waals surface area contributed by atoms with Crippen LogP contribution < -0.4 is 0 Å². The van der Waals surface area contributed by atoms with E-state index >= 15 is 0 Å². The van der Waals surface area contributed by atoms with Crippen LogP contribution >= 0.6 is 23.2 Å². The Labute approximate surface area is 89.9 Å². The summed E-state index contributed by atoms with van der Waals surface area (Å²) < 4.78 is 0. The predicted octanol–water partition coefficient (Wildman–Crippen LogP) is 4.60. The van der Waals surface area contributed by atoms with Gasteiger partial charge in [-0.25, -0.2) is 0 Å². The number of rotatable bonds is 0. The van der Waals surface area contributed by atoms with Crippen LogP contribution in [0.25, 0.3) is 0 Å². The molecule has 0 unspecified atom stereocenters. The van der Waals surface area contributed by atoms with Crippen molar-refractivity contribution in [1.82, 2.24) is 0 Å². The molecule has 2 heteroatoms. The standard InChI is InChI=1S/C11H14Cl2/c1-7-5-8(12)6-9(13)10(7)11(2,3)4/h5-6H,1-4H3. The van der Waals surface area contributed by atoms with Crippen molar-refractivity contribution >= 4 is 23.2 Å². The second kappa shape index (κ2) is 3.51. The minimum atomic E-state index is 0.0752. The summed E-state index contributed by atoms with van der Waals surface area (Å²) in [4.78, 5) is 0. The summed E-state index contributed by atoms with van der Waals surface area (Å²) in [5.41, 5.74) is 2.41. The number of halogens is 2. The maximum absolute atomic E-state index is 6.13. The highest BCUT2D eigenvalue weighted by Gasteiger charge is 2.19. The van der Waals surface area contributed by atoms with Gasteiger partial charge >= 0.3 is 0 Å². The van der Waals surface area contributed by atoms with Gasteiger partial charge in [0.1, 0.15) is 0 Å². The van der Waals surface area contributed by atoms with E-state index in [9.17, 15) is 0 Å². The summed E-state index contributed by atoms with van der Waals surface area (Å²) in [6.07, 6.45) is 0. The van der Waals surface area contributed by atoms with E-state index in [1.165, 1.54) is 5.56 Å². The highest BCUT2D eigenvalue weighted by Crippen LogP contribution is 2.34. The van der Waals surface area contributed by atoms with Crippen LogP contribution in [-0.4, -0.2) is 0 Å². The molecule has 0 nitrogen and oxygen atoms in total. The second-order valence-corrected chi connectivity index (χ2v) is 5.17. The van der Waals surface area contributed by atoms with Gasteiger partial charge in [-0.05, 0) is 35.6 Å². The lowest BCUT2D eigenvalue weighted by Crippen LogP contribution is -2.13. The minimum Gasteiger partial charge on any atom is -0.0843 e. The first kappa shape index (κ1) is 10.9. The predicted molar refractivity (Wildman–Crippen MR) is 59.9 cm³/mol. The first-order valence-electron chi connectivity index (χ1n) is 4.28. The van der Waals surface area contributed by atoms with Gasteiger partial charge in [0.2, 0.25) is 0 Å². The Kier molecular flexibility index (Phi) is 2.94. The summed E-state index contributed by atoms with van der Waals surface area (Å²) in [5.74, 6) is 0. The SMILES string of the molecule is Cc1cc(Cl)cc(Cl)c1C(C)(C)C. The van der Waals surface area contributed by atoms with E-state index in [4.69, 9.17) is 23.2 Å². The average molecular weight is 217 g/mol. The first-order chi connectivity index (χ1) is 5.82. The molecule has 0 bridgehead atoms. The molecule has 1 aromatic rings. The molecule has 0 aliphatic rings. The topological polar surface area (TPSA) is 0 Å². The molecular formula is C11H14Cl2. The van der Waals surface area contributed by atoms with Gasteiger partial charge in [0.15, 0.2) is 0 Å². The molecule has 72 valence electrons. The lowest BCUT2D eigenvalue weighted by molar-refractivity contribution is 0.586. The van der Waals surface area contributed by atoms with Crippen LogP contribution in [0.3, 0.4) is 0 Å². The van der Waals surface area contributed by atoms with Crippen molar-refractivity contribution in [1.29, 1.82) is 0 Å². The van der Waals surface area contributed by atoms with E-state index in [1.54, 1.807) is 6.07 Å². The van der Waals surface area contributed by atoms with Gasteiger partial charge in [-0.2, -0.15) is 0 Å². The van der Waals surface area contributed by atoms with Crippen LogP contribution in [0.15, 0.2) is 12.1 Å². The fourth-order valence-electron chi connectivity index (χ4n) is 1.65. The van der Waals surface area contributed by atoms with E-state index in [-0.39, 0.29) is 5.41 Å². The maximum Gasteiger partial charge on any atom is 0.0460 e. The molecule has 13 heavy (non-hydrogen) atoms. The van der Waals surface area contributed by atoms with Gasteiger partial charge in [-0.15, -0.1) is 0 Å². The molecule has 0 heterocycles. The first-order valence-corrected chi connectivity index (χ1v) is 5.04. The van der Waals surface area contributed by atoms with Crippen LogP contribution in [0.4, 0.5) is 0 Å². The highest BCUT2D eigenvalue weighted by atomic mass is 35.5. The van der Waals surface area contributed by atoms with Crippen LogP contribution in [-0.2, 0) is 5.41 Å². The Balaban J connectivity index is 3.38. The molecule has 0 aliphatic heterocycles. The number of aryl methyl sites for hydroxylation is 1. The summed E-state index contributed by atoms with van der Waals surface area (Å²) in [6.45, 7) is 8.48. The van der Waals surface area contributed by atoms with E-state index in [1.807, 2.05) is 13.0 Å². The van der Waals surface area contributed by atoms with Gasteiger partial charge in [-0.3, -0.25) is 0 Å². The molecule has 0 N–H and O–H groups in total. The number of benzene rings is 1. The fraction of sp³-hybridized carbons (Fsp3) is 0.455. The number of hydrogen-bond acceptors (Lipinski definition) is 0. The van der Waals surface area contributed by atoms with Crippen LogP contribution in [0, 0.1) is 6.92 Å². The van der Waals surface area contributed by atoms with Crippen molar-refractivity contribution in [3.8, 4) is 0 Å². The second-order valence-electron chi connectivity index (χ2n) is 4.33. The fourth-order valence-corrected chi connectivity index (χ4v) is 2.53. The Morgan fingerprint density at radius 1 is 1.08 bits per heavy atom. The molecule has 0 amide bonds. The Bertz CT molecular complexity index is 298. The van der Waals surface area contributed by atoms with Crippen molar-refractivity contribution in [3.63, 3.8) is 0 Å². The normalized spacial score (nSPS) is 11.8. The summed E-state index contributed by atoms with van der Waals surface area (Å²) >= 11 is 12.0. The highest BCUT2D eigenvalue weighted by molar-refractivity contribution is 6.35. The van der Waals surface area contributed by atoms with E-state index in [2.05, 4.69) is 20.8 Å². The van der Waals surface area contributed by atoms with Gasteiger partial charge in [0, 0.05) is 10.0 Å². The van der Waals surface area contributed by atoms with E-state index in [0.717, 1.165) is 10.6 Å². The van der Waals surface area contributed by atoms with E-state index in [0.29, 0.717) is 5.02 Å². The lowest BCUT2D eigenvalue weighted by atomic mass is 9.84. The van der Waals surface area contributed by atoms with Crippen LogP contribution in [0.5, 0.6) is 0 Å². The van der Waals surface area contributed by atoms with Crippen molar-refractivity contribution in [2.75, 3.05) is 0 Å². The molecular weight excluding hydrogens is 203 g/mol. The zero-order chi connectivity index (χ0) is 10.2. The molecule has 1 aromatic carbocycles. The molecule has 0 saturated carbocycles. The van der Waals surface area contributed by atoms with Crippen molar-refractivity contribution in [3.05, 3.63) is 33.3 Å². The lowest BCUT2D eigenvalue weighted by Gasteiger charge is -2.23. The van der Waals surface area contributed by atoms with Gasteiger partial charge in [0.25, 0.3) is 0 Å². The molecule has 1 rings (SSSR count). The van der Waals surface area contributed by atoms with Crippen LogP contribution in [0.2, 0.25) is 10.0 Å². The number of hydrogen-bond donors (Lipinski definition) is 0. The quantitative estimate of drug-likeness (QED) is 0.595. The molecule has 0 fully saturated rings. The third kappa shape index (κ3) is 2.38. The monoisotopic (exact) mass is 216 g/mol. The molecule has 0 aromatic heterocycles. The Morgan fingerprint density at radius 3 is 2.00 bits per heavy atom. The van der Waals surface area contributed by atoms with Gasteiger partial charge in [0.05, 0.1) is 0 Å². The zero-order valence-electron chi connectivity index (χ0n) is 8.41. The third-order valence-electron chi connectivity index (χ3n) is 2.00. The largest absolute Gasteiger partial charge is 0.0843 e. The van der Waals surface area contributed by atoms with Gasteiger partial charge < -0.3 is 0 Å².